The fourth-order valence-corrected chi connectivity index (χ4v) is 2.76. The third kappa shape index (κ3) is 3.88. The molecule has 0 aliphatic carbocycles. The number of carbonyl (C=O) groups is 1. The summed E-state index contributed by atoms with van der Waals surface area (Å²) in [7, 11) is 1.61. The summed E-state index contributed by atoms with van der Waals surface area (Å²) in [4.78, 5) is 13.0. The molecule has 1 atom stereocenters. The number of benzene rings is 2. The van der Waals surface area contributed by atoms with Gasteiger partial charge < -0.3 is 10.1 Å². The summed E-state index contributed by atoms with van der Waals surface area (Å²) in [5.41, 5.74) is 3.89. The van der Waals surface area contributed by atoms with E-state index < -0.39 is 5.92 Å². The lowest BCUT2D eigenvalue weighted by Crippen LogP contribution is -2.24. The molecule has 0 bridgehead atoms. The number of amides is 1. The summed E-state index contributed by atoms with van der Waals surface area (Å²) in [6, 6.07) is 13.4. The van der Waals surface area contributed by atoms with Gasteiger partial charge in [0, 0.05) is 5.69 Å². The van der Waals surface area contributed by atoms with Crippen molar-refractivity contribution in [2.24, 2.45) is 0 Å². The summed E-state index contributed by atoms with van der Waals surface area (Å²) in [6.07, 6.45) is 0.438. The Morgan fingerprint density at radius 3 is 2.77 bits per heavy atom. The number of tetrazole rings is 1. The zero-order chi connectivity index (χ0) is 18.5. The Bertz CT molecular complexity index is 893. The molecule has 2 N–H and O–H groups in total. The zero-order valence-electron chi connectivity index (χ0n) is 15.0. The van der Waals surface area contributed by atoms with Gasteiger partial charge in [-0.3, -0.25) is 4.79 Å². The molecule has 26 heavy (non-hydrogen) atoms. The highest BCUT2D eigenvalue weighted by molar-refractivity contribution is 5.96. The normalized spacial score (nSPS) is 11.8. The minimum atomic E-state index is -0.569. The van der Waals surface area contributed by atoms with Crippen LogP contribution in [0.1, 0.15) is 28.4 Å². The van der Waals surface area contributed by atoms with Crippen LogP contribution < -0.4 is 10.1 Å². The number of anilines is 1. The van der Waals surface area contributed by atoms with Crippen LogP contribution >= 0.6 is 0 Å². The minimum Gasteiger partial charge on any atom is -0.497 e. The van der Waals surface area contributed by atoms with Gasteiger partial charge in [0.05, 0.1) is 7.11 Å². The molecule has 1 amide bonds. The van der Waals surface area contributed by atoms with Crippen molar-refractivity contribution in [1.82, 2.24) is 20.6 Å². The predicted octanol–water partition coefficient (Wildman–Crippen LogP) is 2.79. The molecule has 3 rings (SSSR count). The Kier molecular flexibility index (Phi) is 5.26. The van der Waals surface area contributed by atoms with Gasteiger partial charge in [0.1, 0.15) is 11.7 Å². The number of aromatic amines is 1. The number of methoxy groups -OCH3 is 1. The van der Waals surface area contributed by atoms with Crippen LogP contribution in [0.5, 0.6) is 5.75 Å². The van der Waals surface area contributed by atoms with Crippen LogP contribution in [0, 0.1) is 13.8 Å². The van der Waals surface area contributed by atoms with Gasteiger partial charge in [-0.05, 0) is 55.2 Å². The largest absolute Gasteiger partial charge is 0.497 e. The molecular formula is C19H21N5O2. The lowest BCUT2D eigenvalue weighted by molar-refractivity contribution is -0.117. The summed E-state index contributed by atoms with van der Waals surface area (Å²) >= 11 is 0. The van der Waals surface area contributed by atoms with E-state index >= 15 is 0 Å². The van der Waals surface area contributed by atoms with Crippen LogP contribution in [0.3, 0.4) is 0 Å². The van der Waals surface area contributed by atoms with E-state index in [1.165, 1.54) is 0 Å². The van der Waals surface area contributed by atoms with Crippen molar-refractivity contribution in [3.05, 3.63) is 65.0 Å². The van der Waals surface area contributed by atoms with Crippen LogP contribution in [-0.4, -0.2) is 33.6 Å². The van der Waals surface area contributed by atoms with Gasteiger partial charge in [0.15, 0.2) is 5.82 Å². The van der Waals surface area contributed by atoms with Gasteiger partial charge in [-0.2, -0.15) is 5.21 Å². The highest BCUT2D eigenvalue weighted by Crippen LogP contribution is 2.24. The second kappa shape index (κ2) is 7.77. The van der Waals surface area contributed by atoms with Gasteiger partial charge in [-0.25, -0.2) is 0 Å². The Hall–Kier alpha value is -3.22. The molecule has 0 radical (unpaired) electrons. The molecule has 7 heteroatoms. The van der Waals surface area contributed by atoms with Crippen molar-refractivity contribution < 1.29 is 9.53 Å². The number of rotatable bonds is 6. The predicted molar refractivity (Wildman–Crippen MR) is 98.2 cm³/mol. The van der Waals surface area contributed by atoms with E-state index in [-0.39, 0.29) is 5.91 Å². The van der Waals surface area contributed by atoms with Crippen molar-refractivity contribution >= 4 is 11.6 Å². The second-order valence-corrected chi connectivity index (χ2v) is 6.11. The highest BCUT2D eigenvalue weighted by Gasteiger charge is 2.26. The van der Waals surface area contributed by atoms with E-state index in [2.05, 4.69) is 25.9 Å². The van der Waals surface area contributed by atoms with Crippen LogP contribution in [-0.2, 0) is 11.2 Å². The third-order valence-corrected chi connectivity index (χ3v) is 4.43. The van der Waals surface area contributed by atoms with E-state index in [0.29, 0.717) is 12.2 Å². The number of hydrogen-bond acceptors (Lipinski definition) is 5. The first-order valence-electron chi connectivity index (χ1n) is 8.32. The lowest BCUT2D eigenvalue weighted by Gasteiger charge is -2.16. The molecule has 0 saturated carbocycles. The Labute approximate surface area is 151 Å². The maximum atomic E-state index is 13.0. The maximum absolute atomic E-state index is 13.0. The number of nitrogens with zero attached hydrogens (tertiary/aromatic N) is 3. The topological polar surface area (TPSA) is 92.8 Å². The fraction of sp³-hybridized carbons (Fsp3) is 0.263. The van der Waals surface area contributed by atoms with Crippen molar-refractivity contribution in [2.75, 3.05) is 12.4 Å². The summed E-state index contributed by atoms with van der Waals surface area (Å²) in [5.74, 6) is 0.351. The molecule has 0 saturated heterocycles. The van der Waals surface area contributed by atoms with Gasteiger partial charge in [-0.1, -0.05) is 29.5 Å². The quantitative estimate of drug-likeness (QED) is 0.712. The minimum absolute atomic E-state index is 0.178. The monoisotopic (exact) mass is 351 g/mol. The van der Waals surface area contributed by atoms with Gasteiger partial charge in [-0.15, -0.1) is 10.2 Å². The Morgan fingerprint density at radius 2 is 2.04 bits per heavy atom. The summed E-state index contributed by atoms with van der Waals surface area (Å²) in [6.45, 7) is 3.99. The number of H-pyrrole nitrogens is 1. The van der Waals surface area contributed by atoms with Crippen LogP contribution in [0.15, 0.2) is 42.5 Å². The molecule has 1 aromatic heterocycles. The van der Waals surface area contributed by atoms with Gasteiger partial charge in [0.25, 0.3) is 0 Å². The van der Waals surface area contributed by atoms with Crippen LogP contribution in [0.25, 0.3) is 0 Å². The molecule has 2 aromatic carbocycles. The second-order valence-electron chi connectivity index (χ2n) is 6.11. The molecule has 0 aliphatic heterocycles. The number of hydrogen-bond donors (Lipinski definition) is 2. The molecule has 0 aliphatic rings. The zero-order valence-corrected chi connectivity index (χ0v) is 15.0. The average molecular weight is 351 g/mol. The number of carbonyl (C=O) groups excluding carboxylic acids is 1. The van der Waals surface area contributed by atoms with E-state index in [1.807, 2.05) is 56.3 Å². The van der Waals surface area contributed by atoms with E-state index in [4.69, 9.17) is 4.74 Å². The van der Waals surface area contributed by atoms with Crippen LogP contribution in [0.2, 0.25) is 0 Å². The van der Waals surface area contributed by atoms with Crippen molar-refractivity contribution in [3.8, 4) is 5.75 Å². The summed E-state index contributed by atoms with van der Waals surface area (Å²) < 4.78 is 5.26. The maximum Gasteiger partial charge on any atom is 0.235 e. The molecule has 3 aromatic rings. The van der Waals surface area contributed by atoms with Gasteiger partial charge in [0.2, 0.25) is 5.91 Å². The molecule has 1 unspecified atom stereocenters. The standard InChI is InChI=1S/C19H21N5O2/c1-12-6-4-9-17(13(12)2)20-19(25)16(18-21-23-24-22-18)11-14-7-5-8-15(10-14)26-3/h4-10,16H,11H2,1-3H3,(H,20,25)(H,21,22,23,24). The summed E-state index contributed by atoms with van der Waals surface area (Å²) in [5, 5.41) is 17.1. The number of ether oxygens (including phenoxy) is 1. The molecule has 134 valence electrons. The van der Waals surface area contributed by atoms with E-state index in [0.717, 1.165) is 28.1 Å². The third-order valence-electron chi connectivity index (χ3n) is 4.43. The van der Waals surface area contributed by atoms with Crippen LogP contribution in [0.4, 0.5) is 5.69 Å². The first-order valence-corrected chi connectivity index (χ1v) is 8.32. The SMILES string of the molecule is COc1cccc(CC(C(=O)Nc2cccc(C)c2C)c2nn[nH]n2)c1. The van der Waals surface area contributed by atoms with Gasteiger partial charge >= 0.3 is 0 Å². The number of nitrogens with one attached hydrogen (secondary N) is 2. The molecule has 0 fully saturated rings. The van der Waals surface area contributed by atoms with Crippen molar-refractivity contribution in [3.63, 3.8) is 0 Å². The fourth-order valence-electron chi connectivity index (χ4n) is 2.76. The Balaban J connectivity index is 1.86. The number of aryl methyl sites for hydroxylation is 1. The number of aromatic nitrogens is 4. The molecule has 7 nitrogen and oxygen atoms in total. The highest BCUT2D eigenvalue weighted by atomic mass is 16.5. The van der Waals surface area contributed by atoms with E-state index in [9.17, 15) is 4.79 Å². The van der Waals surface area contributed by atoms with Crippen molar-refractivity contribution in [1.29, 1.82) is 0 Å². The molecule has 0 spiro atoms. The average Bonchev–Trinajstić information content (AvgIpc) is 3.18. The molecule has 1 heterocycles. The first kappa shape index (κ1) is 17.6. The lowest BCUT2D eigenvalue weighted by atomic mass is 9.97. The van der Waals surface area contributed by atoms with Crippen molar-refractivity contribution in [2.45, 2.75) is 26.2 Å². The molecular weight excluding hydrogens is 330 g/mol. The van der Waals surface area contributed by atoms with E-state index in [1.54, 1.807) is 7.11 Å². The smallest absolute Gasteiger partial charge is 0.235 e. The Morgan fingerprint density at radius 1 is 1.23 bits per heavy atom. The first-order chi connectivity index (χ1) is 12.6.